The summed E-state index contributed by atoms with van der Waals surface area (Å²) in [5, 5.41) is 11.4. The summed E-state index contributed by atoms with van der Waals surface area (Å²) < 4.78 is 31.0. The van der Waals surface area contributed by atoms with E-state index in [1.54, 1.807) is 0 Å². The monoisotopic (exact) mass is 299 g/mol. The molecule has 1 aliphatic rings. The molecular weight excluding hydrogens is 284 g/mol. The van der Waals surface area contributed by atoms with Crippen LogP contribution in [0.25, 0.3) is 0 Å². The van der Waals surface area contributed by atoms with Gasteiger partial charge in [0, 0.05) is 12.5 Å². The molecule has 1 aromatic carbocycles. The number of benzene rings is 1. The molecule has 0 spiro atoms. The lowest BCUT2D eigenvalue weighted by molar-refractivity contribution is -0.143. The first-order valence-electron chi connectivity index (χ1n) is 6.55. The minimum Gasteiger partial charge on any atom is -0.491 e. The zero-order valence-corrected chi connectivity index (χ0v) is 11.2. The molecule has 2 N–H and O–H groups in total. The summed E-state index contributed by atoms with van der Waals surface area (Å²) in [5.41, 5.74) is -1.10. The van der Waals surface area contributed by atoms with Crippen LogP contribution >= 0.6 is 0 Å². The van der Waals surface area contributed by atoms with Crippen LogP contribution in [0, 0.1) is 11.6 Å². The van der Waals surface area contributed by atoms with E-state index in [9.17, 15) is 18.4 Å². The molecule has 2 rings (SSSR count). The average molecular weight is 299 g/mol. The molecule has 1 fully saturated rings. The van der Waals surface area contributed by atoms with E-state index in [1.165, 1.54) is 6.07 Å². The number of nitrogens with one attached hydrogen (secondary N) is 1. The Morgan fingerprint density at radius 1 is 1.33 bits per heavy atom. The Morgan fingerprint density at radius 2 is 2.05 bits per heavy atom. The molecule has 5 nitrogen and oxygen atoms in total. The predicted molar refractivity (Wildman–Crippen MR) is 68.8 cm³/mol. The van der Waals surface area contributed by atoms with Crippen molar-refractivity contribution in [1.29, 1.82) is 0 Å². The molecular formula is C14H15F2NO4. The average Bonchev–Trinajstić information content (AvgIpc) is 3.17. The highest BCUT2D eigenvalue weighted by Crippen LogP contribution is 2.35. The van der Waals surface area contributed by atoms with Crippen LogP contribution in [0.3, 0.4) is 0 Å². The largest absolute Gasteiger partial charge is 0.491 e. The topological polar surface area (TPSA) is 75.6 Å². The van der Waals surface area contributed by atoms with E-state index in [2.05, 4.69) is 5.32 Å². The Hall–Kier alpha value is -2.18. The van der Waals surface area contributed by atoms with Gasteiger partial charge in [0.05, 0.1) is 6.61 Å². The minimum atomic E-state index is -1.10. The van der Waals surface area contributed by atoms with Gasteiger partial charge >= 0.3 is 5.97 Å². The van der Waals surface area contributed by atoms with Crippen LogP contribution in [0.2, 0.25) is 0 Å². The van der Waals surface area contributed by atoms with Gasteiger partial charge in [0.2, 0.25) is 5.91 Å². The zero-order chi connectivity index (χ0) is 15.5. The van der Waals surface area contributed by atoms with E-state index in [-0.39, 0.29) is 24.7 Å². The quantitative estimate of drug-likeness (QED) is 0.754. The van der Waals surface area contributed by atoms with Crippen molar-refractivity contribution in [3.63, 3.8) is 0 Å². The number of carboxylic acid groups (broad SMARTS) is 1. The molecule has 0 bridgehead atoms. The summed E-state index contributed by atoms with van der Waals surface area (Å²) in [7, 11) is 0. The molecule has 0 aromatic heterocycles. The van der Waals surface area contributed by atoms with Gasteiger partial charge in [-0.25, -0.2) is 13.6 Å². The Kier molecular flexibility index (Phi) is 4.40. The standard InChI is InChI=1S/C14H15F2NO4/c15-9-3-4-11(10(16)8-9)21-7-1-2-12(18)17-14(5-6-14)13(19)20/h3-4,8H,1-2,5-7H2,(H,17,18)(H,19,20). The zero-order valence-electron chi connectivity index (χ0n) is 11.2. The number of carbonyl (C=O) groups is 2. The lowest BCUT2D eigenvalue weighted by atomic mass is 10.2. The van der Waals surface area contributed by atoms with Crippen LogP contribution in [0.4, 0.5) is 8.78 Å². The lowest BCUT2D eigenvalue weighted by Crippen LogP contribution is -2.43. The SMILES string of the molecule is O=C(CCCOc1ccc(F)cc1F)NC1(C(=O)O)CC1. The third-order valence-electron chi connectivity index (χ3n) is 3.24. The fraction of sp³-hybridized carbons (Fsp3) is 0.429. The molecule has 0 heterocycles. The van der Waals surface area contributed by atoms with Crippen LogP contribution in [0.5, 0.6) is 5.75 Å². The van der Waals surface area contributed by atoms with Crippen LogP contribution in [-0.2, 0) is 9.59 Å². The first-order valence-corrected chi connectivity index (χ1v) is 6.55. The smallest absolute Gasteiger partial charge is 0.329 e. The Balaban J connectivity index is 1.70. The second kappa shape index (κ2) is 6.07. The van der Waals surface area contributed by atoms with E-state index in [0.717, 1.165) is 6.07 Å². The summed E-state index contributed by atoms with van der Waals surface area (Å²) >= 11 is 0. The van der Waals surface area contributed by atoms with Gasteiger partial charge in [-0.1, -0.05) is 0 Å². The van der Waals surface area contributed by atoms with Crippen molar-refractivity contribution in [1.82, 2.24) is 5.32 Å². The maximum atomic E-state index is 13.2. The molecule has 21 heavy (non-hydrogen) atoms. The van der Waals surface area contributed by atoms with Gasteiger partial charge in [-0.2, -0.15) is 0 Å². The van der Waals surface area contributed by atoms with Crippen molar-refractivity contribution in [2.75, 3.05) is 6.61 Å². The molecule has 1 saturated carbocycles. The summed E-state index contributed by atoms with van der Waals surface area (Å²) in [6.45, 7) is 0.0794. The number of halogens is 2. The second-order valence-electron chi connectivity index (χ2n) is 4.96. The third kappa shape index (κ3) is 3.90. The number of carboxylic acids is 1. The van der Waals surface area contributed by atoms with Gasteiger partial charge in [-0.3, -0.25) is 4.79 Å². The Bertz CT molecular complexity index is 558. The van der Waals surface area contributed by atoms with Crippen molar-refractivity contribution >= 4 is 11.9 Å². The summed E-state index contributed by atoms with van der Waals surface area (Å²) in [6, 6.07) is 2.97. The molecule has 7 heteroatoms. The molecule has 1 aromatic rings. The summed E-state index contributed by atoms with van der Waals surface area (Å²) in [6.07, 6.45) is 1.26. The minimum absolute atomic E-state index is 0.0794. The molecule has 114 valence electrons. The van der Waals surface area contributed by atoms with Crippen LogP contribution in [0.1, 0.15) is 25.7 Å². The number of ether oxygens (including phenoxy) is 1. The van der Waals surface area contributed by atoms with Crippen molar-refractivity contribution < 1.29 is 28.2 Å². The Morgan fingerprint density at radius 3 is 2.62 bits per heavy atom. The summed E-state index contributed by atoms with van der Waals surface area (Å²) in [5.74, 6) is -2.98. The van der Waals surface area contributed by atoms with Crippen LogP contribution in [-0.4, -0.2) is 29.1 Å². The Labute approximate surface area is 119 Å². The normalized spacial score (nSPS) is 15.3. The highest BCUT2D eigenvalue weighted by atomic mass is 19.1. The van der Waals surface area contributed by atoms with Gasteiger partial charge < -0.3 is 15.2 Å². The molecule has 0 atom stereocenters. The number of amides is 1. The first kappa shape index (κ1) is 15.2. The van der Waals surface area contributed by atoms with Gasteiger partial charge in [0.1, 0.15) is 11.4 Å². The van der Waals surface area contributed by atoms with Gasteiger partial charge in [0.25, 0.3) is 0 Å². The van der Waals surface area contributed by atoms with Crippen molar-refractivity contribution in [3.8, 4) is 5.75 Å². The maximum absolute atomic E-state index is 13.2. The van der Waals surface area contributed by atoms with Crippen LogP contribution < -0.4 is 10.1 Å². The van der Waals surface area contributed by atoms with E-state index < -0.39 is 23.1 Å². The summed E-state index contributed by atoms with van der Waals surface area (Å²) in [4.78, 5) is 22.5. The first-order chi connectivity index (χ1) is 9.93. The number of rotatable bonds is 7. The van der Waals surface area contributed by atoms with Crippen molar-refractivity contribution in [3.05, 3.63) is 29.8 Å². The predicted octanol–water partition coefficient (Wildman–Crippen LogP) is 1.86. The van der Waals surface area contributed by atoms with Crippen molar-refractivity contribution in [2.45, 2.75) is 31.2 Å². The van der Waals surface area contributed by atoms with E-state index in [1.807, 2.05) is 0 Å². The number of hydrogen-bond donors (Lipinski definition) is 2. The molecule has 0 saturated heterocycles. The molecule has 0 aliphatic heterocycles. The number of hydrogen-bond acceptors (Lipinski definition) is 3. The third-order valence-corrected chi connectivity index (χ3v) is 3.24. The maximum Gasteiger partial charge on any atom is 0.329 e. The molecule has 1 aliphatic carbocycles. The molecule has 1 amide bonds. The highest BCUT2D eigenvalue weighted by molar-refractivity contribution is 5.89. The van der Waals surface area contributed by atoms with Gasteiger partial charge in [0.15, 0.2) is 11.6 Å². The number of aliphatic carboxylic acids is 1. The fourth-order valence-corrected chi connectivity index (χ4v) is 1.85. The van der Waals surface area contributed by atoms with E-state index >= 15 is 0 Å². The van der Waals surface area contributed by atoms with Crippen LogP contribution in [0.15, 0.2) is 18.2 Å². The number of carbonyl (C=O) groups excluding carboxylic acids is 1. The van der Waals surface area contributed by atoms with Crippen molar-refractivity contribution in [2.24, 2.45) is 0 Å². The lowest BCUT2D eigenvalue weighted by Gasteiger charge is -2.12. The van der Waals surface area contributed by atoms with E-state index in [0.29, 0.717) is 25.3 Å². The fourth-order valence-electron chi connectivity index (χ4n) is 1.85. The van der Waals surface area contributed by atoms with Gasteiger partial charge in [-0.15, -0.1) is 0 Å². The molecule has 0 radical (unpaired) electrons. The van der Waals surface area contributed by atoms with E-state index in [4.69, 9.17) is 9.84 Å². The highest BCUT2D eigenvalue weighted by Gasteiger charge is 2.51. The molecule has 0 unspecified atom stereocenters. The second-order valence-corrected chi connectivity index (χ2v) is 4.96. The van der Waals surface area contributed by atoms with Gasteiger partial charge in [-0.05, 0) is 31.4 Å².